The molecule has 0 atom stereocenters. The number of hydrogen-bond acceptors (Lipinski definition) is 4. The predicted molar refractivity (Wildman–Crippen MR) is 63.3 cm³/mol. The molecule has 7 heteroatoms. The Kier molecular flexibility index (Phi) is 3.46. The second-order valence-electron chi connectivity index (χ2n) is 3.56. The summed E-state index contributed by atoms with van der Waals surface area (Å²) < 4.78 is 12.6. The van der Waals surface area contributed by atoms with Gasteiger partial charge in [-0.1, -0.05) is 0 Å². The van der Waals surface area contributed by atoms with Gasteiger partial charge in [-0.05, 0) is 24.3 Å². The largest absolute Gasteiger partial charge is 0.478 e. The van der Waals surface area contributed by atoms with Gasteiger partial charge in [0.05, 0.1) is 11.1 Å². The van der Waals surface area contributed by atoms with E-state index in [2.05, 4.69) is 15.3 Å². The van der Waals surface area contributed by atoms with Crippen molar-refractivity contribution in [3.05, 3.63) is 53.7 Å². The van der Waals surface area contributed by atoms with E-state index in [1.807, 2.05) is 0 Å². The number of carboxylic acids is 1. The lowest BCUT2D eigenvalue weighted by atomic mass is 10.2. The highest BCUT2D eigenvalue weighted by molar-refractivity contribution is 6.03. The number of carbonyl (C=O) groups is 2. The summed E-state index contributed by atoms with van der Waals surface area (Å²) in [7, 11) is 0. The van der Waals surface area contributed by atoms with Gasteiger partial charge in [0.2, 0.25) is 5.95 Å². The highest BCUT2D eigenvalue weighted by atomic mass is 19.1. The lowest BCUT2D eigenvalue weighted by Gasteiger charge is -2.04. The Morgan fingerprint density at radius 3 is 2.26 bits per heavy atom. The molecule has 0 spiro atoms. The molecule has 0 aromatic carbocycles. The van der Waals surface area contributed by atoms with Gasteiger partial charge < -0.3 is 10.4 Å². The standard InChI is InChI=1S/C12H8FN3O3/c13-9-3-1-7(5-14-9)11(17)16-10-4-2-8(6-15-10)12(18)19/h1-6H,(H,18,19)(H,15,16,17). The molecule has 1 amide bonds. The second-order valence-corrected chi connectivity index (χ2v) is 3.56. The molecule has 19 heavy (non-hydrogen) atoms. The lowest BCUT2D eigenvalue weighted by Crippen LogP contribution is -2.13. The van der Waals surface area contributed by atoms with Gasteiger partial charge in [-0.2, -0.15) is 4.39 Å². The van der Waals surface area contributed by atoms with Crippen LogP contribution in [0.3, 0.4) is 0 Å². The van der Waals surface area contributed by atoms with Crippen molar-refractivity contribution in [2.24, 2.45) is 0 Å². The summed E-state index contributed by atoms with van der Waals surface area (Å²) in [4.78, 5) is 29.5. The number of anilines is 1. The summed E-state index contributed by atoms with van der Waals surface area (Å²) in [5, 5.41) is 11.1. The van der Waals surface area contributed by atoms with E-state index in [0.29, 0.717) is 0 Å². The minimum absolute atomic E-state index is 0.0152. The third kappa shape index (κ3) is 3.09. The number of nitrogens with one attached hydrogen (secondary N) is 1. The summed E-state index contributed by atoms with van der Waals surface area (Å²) in [6.07, 6.45) is 2.22. The molecule has 2 rings (SSSR count). The molecule has 96 valence electrons. The number of nitrogens with zero attached hydrogens (tertiary/aromatic N) is 2. The van der Waals surface area contributed by atoms with Crippen LogP contribution in [-0.2, 0) is 0 Å². The molecule has 0 radical (unpaired) electrons. The topological polar surface area (TPSA) is 92.2 Å². The van der Waals surface area contributed by atoms with E-state index in [1.54, 1.807) is 0 Å². The van der Waals surface area contributed by atoms with Gasteiger partial charge in [-0.25, -0.2) is 14.8 Å². The number of carbonyl (C=O) groups excluding carboxylic acids is 1. The molecular formula is C12H8FN3O3. The number of amides is 1. The van der Waals surface area contributed by atoms with Crippen molar-refractivity contribution in [1.29, 1.82) is 0 Å². The minimum Gasteiger partial charge on any atom is -0.478 e. The Bertz CT molecular complexity index is 611. The van der Waals surface area contributed by atoms with Gasteiger partial charge in [-0.15, -0.1) is 0 Å². The molecule has 0 aliphatic carbocycles. The van der Waals surface area contributed by atoms with E-state index in [-0.39, 0.29) is 16.9 Å². The molecule has 0 bridgehead atoms. The third-order valence-electron chi connectivity index (χ3n) is 2.24. The summed E-state index contributed by atoms with van der Waals surface area (Å²) in [6.45, 7) is 0. The van der Waals surface area contributed by atoms with Crippen molar-refractivity contribution in [2.75, 3.05) is 5.32 Å². The van der Waals surface area contributed by atoms with E-state index in [1.165, 1.54) is 18.2 Å². The first kappa shape index (κ1) is 12.6. The molecule has 2 heterocycles. The summed E-state index contributed by atoms with van der Waals surface area (Å²) in [5.41, 5.74) is 0.187. The van der Waals surface area contributed by atoms with Crippen molar-refractivity contribution in [2.45, 2.75) is 0 Å². The van der Waals surface area contributed by atoms with E-state index in [0.717, 1.165) is 18.5 Å². The molecule has 0 unspecified atom stereocenters. The average Bonchev–Trinajstić information content (AvgIpc) is 2.40. The Balaban J connectivity index is 2.10. The van der Waals surface area contributed by atoms with Crippen LogP contribution in [0.5, 0.6) is 0 Å². The summed E-state index contributed by atoms with van der Waals surface area (Å²) >= 11 is 0. The quantitative estimate of drug-likeness (QED) is 0.818. The number of halogens is 1. The van der Waals surface area contributed by atoms with Gasteiger partial charge in [0, 0.05) is 12.4 Å². The van der Waals surface area contributed by atoms with Crippen LogP contribution in [0.1, 0.15) is 20.7 Å². The number of aromatic carboxylic acids is 1. The van der Waals surface area contributed by atoms with Crippen molar-refractivity contribution in [3.8, 4) is 0 Å². The van der Waals surface area contributed by atoms with Crippen molar-refractivity contribution in [1.82, 2.24) is 9.97 Å². The Morgan fingerprint density at radius 1 is 1.05 bits per heavy atom. The zero-order valence-corrected chi connectivity index (χ0v) is 9.50. The van der Waals surface area contributed by atoms with Gasteiger partial charge in [0.1, 0.15) is 5.82 Å². The minimum atomic E-state index is -1.10. The maximum atomic E-state index is 12.6. The third-order valence-corrected chi connectivity index (χ3v) is 2.24. The van der Waals surface area contributed by atoms with Crippen LogP contribution < -0.4 is 5.32 Å². The first-order chi connectivity index (χ1) is 9.06. The first-order valence-electron chi connectivity index (χ1n) is 5.18. The SMILES string of the molecule is O=C(O)c1ccc(NC(=O)c2ccc(F)nc2)nc1. The van der Waals surface area contributed by atoms with Crippen LogP contribution in [0.2, 0.25) is 0 Å². The Labute approximate surface area is 106 Å². The monoisotopic (exact) mass is 261 g/mol. The Hall–Kier alpha value is -2.83. The summed E-state index contributed by atoms with van der Waals surface area (Å²) in [6, 6.07) is 5.02. The summed E-state index contributed by atoms with van der Waals surface area (Å²) in [5.74, 6) is -2.10. The maximum Gasteiger partial charge on any atom is 0.337 e. The van der Waals surface area contributed by atoms with E-state index in [9.17, 15) is 14.0 Å². The molecule has 0 aliphatic heterocycles. The molecule has 6 nitrogen and oxygen atoms in total. The van der Waals surface area contributed by atoms with Crippen LogP contribution >= 0.6 is 0 Å². The highest BCUT2D eigenvalue weighted by Gasteiger charge is 2.08. The fourth-order valence-electron chi connectivity index (χ4n) is 1.29. The van der Waals surface area contributed by atoms with Gasteiger partial charge in [0.15, 0.2) is 0 Å². The van der Waals surface area contributed by atoms with Crippen LogP contribution in [0.15, 0.2) is 36.7 Å². The number of aromatic nitrogens is 2. The zero-order valence-electron chi connectivity index (χ0n) is 9.50. The van der Waals surface area contributed by atoms with Crippen LogP contribution in [-0.4, -0.2) is 27.0 Å². The second kappa shape index (κ2) is 5.21. The molecule has 0 fully saturated rings. The maximum absolute atomic E-state index is 12.6. The smallest absolute Gasteiger partial charge is 0.337 e. The first-order valence-corrected chi connectivity index (χ1v) is 5.18. The zero-order chi connectivity index (χ0) is 13.8. The van der Waals surface area contributed by atoms with E-state index >= 15 is 0 Å². The van der Waals surface area contributed by atoms with E-state index in [4.69, 9.17) is 5.11 Å². The van der Waals surface area contributed by atoms with Crippen molar-refractivity contribution < 1.29 is 19.1 Å². The fraction of sp³-hybridized carbons (Fsp3) is 0. The molecule has 2 N–H and O–H groups in total. The van der Waals surface area contributed by atoms with Crippen molar-refractivity contribution >= 4 is 17.7 Å². The molecule has 2 aromatic heterocycles. The molecule has 0 aliphatic rings. The predicted octanol–water partition coefficient (Wildman–Crippen LogP) is 1.57. The normalized spacial score (nSPS) is 9.95. The lowest BCUT2D eigenvalue weighted by molar-refractivity contribution is 0.0696. The number of hydrogen-bond donors (Lipinski definition) is 2. The fourth-order valence-corrected chi connectivity index (χ4v) is 1.29. The highest BCUT2D eigenvalue weighted by Crippen LogP contribution is 2.07. The van der Waals surface area contributed by atoms with E-state index < -0.39 is 17.8 Å². The van der Waals surface area contributed by atoms with Gasteiger partial charge in [0.25, 0.3) is 5.91 Å². The van der Waals surface area contributed by atoms with Crippen molar-refractivity contribution in [3.63, 3.8) is 0 Å². The average molecular weight is 261 g/mol. The van der Waals surface area contributed by atoms with Crippen LogP contribution in [0.25, 0.3) is 0 Å². The molecular weight excluding hydrogens is 253 g/mol. The van der Waals surface area contributed by atoms with Gasteiger partial charge in [-0.3, -0.25) is 4.79 Å². The Morgan fingerprint density at radius 2 is 1.74 bits per heavy atom. The molecule has 2 aromatic rings. The molecule has 0 saturated heterocycles. The number of pyridine rings is 2. The van der Waals surface area contributed by atoms with Crippen LogP contribution in [0, 0.1) is 5.95 Å². The molecule has 0 saturated carbocycles. The number of carboxylic acid groups (broad SMARTS) is 1. The number of rotatable bonds is 3. The van der Waals surface area contributed by atoms with Crippen LogP contribution in [0.4, 0.5) is 10.2 Å². The van der Waals surface area contributed by atoms with Gasteiger partial charge >= 0.3 is 5.97 Å².